The maximum absolute atomic E-state index is 12.0. The maximum atomic E-state index is 12.0. The largest absolute Gasteiger partial charge is 0.396 e. The number of amides is 1. The van der Waals surface area contributed by atoms with Gasteiger partial charge in [0.1, 0.15) is 0 Å². The zero-order valence-corrected chi connectivity index (χ0v) is 13.9. The highest BCUT2D eigenvalue weighted by Gasteiger charge is 2.23. The fourth-order valence-electron chi connectivity index (χ4n) is 1.68. The number of thioether (sulfide) groups is 1. The van der Waals surface area contributed by atoms with E-state index in [4.69, 9.17) is 28.3 Å². The van der Waals surface area contributed by atoms with E-state index in [-0.39, 0.29) is 23.8 Å². The third kappa shape index (κ3) is 5.52. The molecule has 6 heteroatoms. The molecule has 0 heterocycles. The summed E-state index contributed by atoms with van der Waals surface area (Å²) in [7, 11) is 0. The highest BCUT2D eigenvalue weighted by molar-refractivity contribution is 8.00. The Kier molecular flexibility index (Phi) is 7.17. The average Bonchev–Trinajstić information content (AvgIpc) is 2.40. The van der Waals surface area contributed by atoms with Crippen LogP contribution in [0.25, 0.3) is 0 Å². The van der Waals surface area contributed by atoms with Crippen molar-refractivity contribution in [1.29, 1.82) is 0 Å². The molecule has 1 atom stereocenters. The molecule has 0 spiro atoms. The van der Waals surface area contributed by atoms with Crippen LogP contribution in [-0.2, 0) is 4.79 Å². The molecule has 1 rings (SSSR count). The summed E-state index contributed by atoms with van der Waals surface area (Å²) in [6, 6.07) is 5.17. The molecule has 0 bridgehead atoms. The summed E-state index contributed by atoms with van der Waals surface area (Å²) in [5, 5.41) is 13.2. The van der Waals surface area contributed by atoms with Gasteiger partial charge in [0.05, 0.1) is 10.8 Å². The molecule has 0 saturated carbocycles. The van der Waals surface area contributed by atoms with Gasteiger partial charge in [-0.2, -0.15) is 0 Å². The van der Waals surface area contributed by atoms with Crippen molar-refractivity contribution >= 4 is 40.9 Å². The molecule has 1 aromatic carbocycles. The first kappa shape index (κ1) is 17.6. The molecule has 20 heavy (non-hydrogen) atoms. The van der Waals surface area contributed by atoms with E-state index >= 15 is 0 Å². The van der Waals surface area contributed by atoms with Crippen LogP contribution in [0.2, 0.25) is 10.0 Å². The highest BCUT2D eigenvalue weighted by Crippen LogP contribution is 2.29. The number of rotatable bonds is 7. The summed E-state index contributed by atoms with van der Waals surface area (Å²) in [5.74, 6) is 0.185. The molecule has 0 radical (unpaired) electrons. The zero-order valence-electron chi connectivity index (χ0n) is 11.6. The molecule has 1 amide bonds. The number of aliphatic hydroxyl groups is 1. The van der Waals surface area contributed by atoms with Crippen LogP contribution >= 0.6 is 35.0 Å². The third-order valence-electron chi connectivity index (χ3n) is 3.14. The topological polar surface area (TPSA) is 49.3 Å². The Bertz CT molecular complexity index is 470. The summed E-state index contributed by atoms with van der Waals surface area (Å²) in [6.07, 6.45) is 1.31. The van der Waals surface area contributed by atoms with E-state index in [1.54, 1.807) is 18.2 Å². The molecular weight excluding hydrogens is 317 g/mol. The van der Waals surface area contributed by atoms with Gasteiger partial charge < -0.3 is 10.4 Å². The highest BCUT2D eigenvalue weighted by atomic mass is 35.5. The minimum atomic E-state index is -0.371. The molecule has 0 aliphatic rings. The molecule has 112 valence electrons. The van der Waals surface area contributed by atoms with E-state index in [2.05, 4.69) is 5.32 Å². The van der Waals surface area contributed by atoms with Crippen molar-refractivity contribution in [3.63, 3.8) is 0 Å². The summed E-state index contributed by atoms with van der Waals surface area (Å²) < 4.78 is 0. The third-order valence-corrected chi connectivity index (χ3v) is 4.87. The van der Waals surface area contributed by atoms with E-state index in [1.165, 1.54) is 11.8 Å². The molecule has 0 aliphatic carbocycles. The Morgan fingerprint density at radius 1 is 1.45 bits per heavy atom. The maximum Gasteiger partial charge on any atom is 0.230 e. The summed E-state index contributed by atoms with van der Waals surface area (Å²) in [6.45, 7) is 3.97. The van der Waals surface area contributed by atoms with Crippen molar-refractivity contribution in [2.24, 2.45) is 0 Å². The Labute approximate surface area is 134 Å². The first-order chi connectivity index (χ1) is 9.40. The lowest BCUT2D eigenvalue weighted by Crippen LogP contribution is -2.46. The van der Waals surface area contributed by atoms with Crippen LogP contribution in [0.3, 0.4) is 0 Å². The molecule has 0 aliphatic heterocycles. The van der Waals surface area contributed by atoms with Crippen LogP contribution in [0.5, 0.6) is 0 Å². The van der Waals surface area contributed by atoms with Gasteiger partial charge in [-0.05, 0) is 38.0 Å². The van der Waals surface area contributed by atoms with Gasteiger partial charge in [0.15, 0.2) is 0 Å². The van der Waals surface area contributed by atoms with Gasteiger partial charge in [-0.25, -0.2) is 0 Å². The van der Waals surface area contributed by atoms with Crippen LogP contribution in [0.1, 0.15) is 26.7 Å². The molecule has 1 aromatic rings. The second-order valence-electron chi connectivity index (χ2n) is 4.80. The second kappa shape index (κ2) is 8.13. The Hall–Kier alpha value is -0.420. The van der Waals surface area contributed by atoms with Gasteiger partial charge >= 0.3 is 0 Å². The number of halogens is 2. The van der Waals surface area contributed by atoms with E-state index < -0.39 is 0 Å². The van der Waals surface area contributed by atoms with Crippen molar-refractivity contribution in [3.05, 3.63) is 28.2 Å². The van der Waals surface area contributed by atoms with E-state index in [9.17, 15) is 4.79 Å². The number of nitrogens with one attached hydrogen (secondary N) is 1. The summed E-state index contributed by atoms with van der Waals surface area (Å²) >= 11 is 13.3. The zero-order chi connectivity index (χ0) is 15.2. The number of aliphatic hydroxyl groups excluding tert-OH is 1. The standard InChI is InChI=1S/C14H19Cl2NO2S/c1-3-14(2,6-7-18)17-13(19)9-20-12-8-10(15)4-5-11(12)16/h4-5,8,18H,3,6-7,9H2,1-2H3,(H,17,19). The first-order valence-corrected chi connectivity index (χ1v) is 8.14. The smallest absolute Gasteiger partial charge is 0.230 e. The lowest BCUT2D eigenvalue weighted by Gasteiger charge is -2.28. The van der Waals surface area contributed by atoms with Gasteiger partial charge in [0.2, 0.25) is 5.91 Å². The van der Waals surface area contributed by atoms with Crippen molar-refractivity contribution in [1.82, 2.24) is 5.32 Å². The number of carbonyl (C=O) groups is 1. The van der Waals surface area contributed by atoms with E-state index in [1.807, 2.05) is 13.8 Å². The number of hydrogen-bond donors (Lipinski definition) is 2. The average molecular weight is 336 g/mol. The second-order valence-corrected chi connectivity index (χ2v) is 6.66. The Balaban J connectivity index is 2.57. The van der Waals surface area contributed by atoms with Crippen LogP contribution in [0, 0.1) is 0 Å². The van der Waals surface area contributed by atoms with E-state index in [0.29, 0.717) is 16.5 Å². The fourth-order valence-corrected chi connectivity index (χ4v) is 2.97. The van der Waals surface area contributed by atoms with Crippen LogP contribution in [-0.4, -0.2) is 28.9 Å². The van der Waals surface area contributed by atoms with Crippen LogP contribution in [0.15, 0.2) is 23.1 Å². The van der Waals surface area contributed by atoms with Crippen molar-refractivity contribution in [3.8, 4) is 0 Å². The van der Waals surface area contributed by atoms with Gasteiger partial charge in [0, 0.05) is 22.1 Å². The lowest BCUT2D eigenvalue weighted by molar-refractivity contribution is -0.120. The number of hydrogen-bond acceptors (Lipinski definition) is 3. The normalized spacial score (nSPS) is 13.8. The van der Waals surface area contributed by atoms with Gasteiger partial charge in [-0.3, -0.25) is 4.79 Å². The predicted molar refractivity (Wildman–Crippen MR) is 85.7 cm³/mol. The van der Waals surface area contributed by atoms with E-state index in [0.717, 1.165) is 11.3 Å². The molecule has 3 nitrogen and oxygen atoms in total. The predicted octanol–water partition coefficient (Wildman–Crippen LogP) is 3.75. The summed E-state index contributed by atoms with van der Waals surface area (Å²) in [5.41, 5.74) is -0.371. The van der Waals surface area contributed by atoms with Gasteiger partial charge in [-0.15, -0.1) is 11.8 Å². The lowest BCUT2D eigenvalue weighted by atomic mass is 9.95. The molecule has 0 aromatic heterocycles. The van der Waals surface area contributed by atoms with Crippen LogP contribution < -0.4 is 5.32 Å². The SMILES string of the molecule is CCC(C)(CCO)NC(=O)CSc1cc(Cl)ccc1Cl. The fraction of sp³-hybridized carbons (Fsp3) is 0.500. The summed E-state index contributed by atoms with van der Waals surface area (Å²) in [4.78, 5) is 12.8. The first-order valence-electron chi connectivity index (χ1n) is 6.40. The van der Waals surface area contributed by atoms with Crippen LogP contribution in [0.4, 0.5) is 0 Å². The van der Waals surface area contributed by atoms with Crippen molar-refractivity contribution in [2.75, 3.05) is 12.4 Å². The minimum absolute atomic E-state index is 0.0535. The molecule has 1 unspecified atom stereocenters. The Morgan fingerprint density at radius 2 is 2.15 bits per heavy atom. The van der Waals surface area contributed by atoms with Crippen molar-refractivity contribution < 1.29 is 9.90 Å². The number of benzene rings is 1. The molecule has 0 fully saturated rings. The monoisotopic (exact) mass is 335 g/mol. The van der Waals surface area contributed by atoms with Gasteiger partial charge in [-0.1, -0.05) is 30.1 Å². The molecule has 2 N–H and O–H groups in total. The van der Waals surface area contributed by atoms with Gasteiger partial charge in [0.25, 0.3) is 0 Å². The van der Waals surface area contributed by atoms with Crippen molar-refractivity contribution in [2.45, 2.75) is 37.1 Å². The Morgan fingerprint density at radius 3 is 2.75 bits per heavy atom. The quantitative estimate of drug-likeness (QED) is 0.746. The molecule has 0 saturated heterocycles. The molecular formula is C14H19Cl2NO2S. The number of carbonyl (C=O) groups excluding carboxylic acids is 1. The minimum Gasteiger partial charge on any atom is -0.396 e.